The Morgan fingerprint density at radius 1 is 1.15 bits per heavy atom. The van der Waals surface area contributed by atoms with Gasteiger partial charge in [-0.2, -0.15) is 0 Å². The van der Waals surface area contributed by atoms with Crippen LogP contribution in [0.3, 0.4) is 0 Å². The van der Waals surface area contributed by atoms with Crippen molar-refractivity contribution in [2.75, 3.05) is 5.32 Å². The first-order chi connectivity index (χ1) is 6.18. The summed E-state index contributed by atoms with van der Waals surface area (Å²) in [6.07, 6.45) is 0. The lowest BCUT2D eigenvalue weighted by Crippen LogP contribution is -2.30. The zero-order valence-corrected chi connectivity index (χ0v) is 7.34. The molecule has 0 aromatic heterocycles. The van der Waals surface area contributed by atoms with Gasteiger partial charge in [-0.25, -0.2) is 4.79 Å². The van der Waals surface area contributed by atoms with E-state index in [-0.39, 0.29) is 0 Å². The van der Waals surface area contributed by atoms with Crippen molar-refractivity contribution in [3.05, 3.63) is 30.3 Å². The molecular formula is C8H7ClN2O2. The van der Waals surface area contributed by atoms with Gasteiger partial charge in [-0.1, -0.05) is 18.2 Å². The number of carbonyl (C=O) groups is 2. The van der Waals surface area contributed by atoms with E-state index in [9.17, 15) is 9.59 Å². The highest BCUT2D eigenvalue weighted by Gasteiger charge is 2.03. The Morgan fingerprint density at radius 3 is 2.31 bits per heavy atom. The minimum atomic E-state index is -0.909. The van der Waals surface area contributed by atoms with Crippen molar-refractivity contribution in [1.29, 1.82) is 0 Å². The smallest absolute Gasteiger partial charge is 0.308 e. The van der Waals surface area contributed by atoms with Gasteiger partial charge >= 0.3 is 11.4 Å². The molecule has 1 aromatic carbocycles. The molecule has 0 saturated heterocycles. The van der Waals surface area contributed by atoms with Gasteiger partial charge in [0.15, 0.2) is 0 Å². The summed E-state index contributed by atoms with van der Waals surface area (Å²) in [5.74, 6) is 0. The highest BCUT2D eigenvalue weighted by atomic mass is 35.5. The van der Waals surface area contributed by atoms with Crippen LogP contribution < -0.4 is 10.6 Å². The van der Waals surface area contributed by atoms with Gasteiger partial charge in [-0.05, 0) is 23.7 Å². The third kappa shape index (κ3) is 3.57. The van der Waals surface area contributed by atoms with Gasteiger partial charge < -0.3 is 5.32 Å². The van der Waals surface area contributed by atoms with E-state index in [0.29, 0.717) is 5.69 Å². The number of hydrogen-bond acceptors (Lipinski definition) is 2. The number of amides is 3. The number of nitrogens with one attached hydrogen (secondary N) is 2. The lowest BCUT2D eigenvalue weighted by atomic mass is 10.3. The number of imide groups is 1. The number of rotatable bonds is 1. The third-order valence-electron chi connectivity index (χ3n) is 1.24. The number of hydrogen-bond donors (Lipinski definition) is 2. The molecule has 0 atom stereocenters. The fraction of sp³-hybridized carbons (Fsp3) is 0. The predicted molar refractivity (Wildman–Crippen MR) is 49.8 cm³/mol. The molecule has 2 N–H and O–H groups in total. The van der Waals surface area contributed by atoms with Crippen molar-refractivity contribution in [1.82, 2.24) is 5.32 Å². The van der Waals surface area contributed by atoms with Crippen molar-refractivity contribution in [3.63, 3.8) is 0 Å². The van der Waals surface area contributed by atoms with Crippen molar-refractivity contribution >= 4 is 28.7 Å². The molecule has 0 spiro atoms. The topological polar surface area (TPSA) is 58.2 Å². The molecule has 0 aliphatic rings. The van der Waals surface area contributed by atoms with E-state index < -0.39 is 11.4 Å². The fourth-order valence-corrected chi connectivity index (χ4v) is 0.859. The maximum Gasteiger partial charge on any atom is 0.326 e. The van der Waals surface area contributed by atoms with E-state index in [1.54, 1.807) is 24.3 Å². The molecule has 68 valence electrons. The fourth-order valence-electron chi connectivity index (χ4n) is 0.773. The van der Waals surface area contributed by atoms with Gasteiger partial charge in [-0.15, -0.1) is 0 Å². The van der Waals surface area contributed by atoms with Crippen LogP contribution in [-0.4, -0.2) is 11.4 Å². The van der Waals surface area contributed by atoms with Gasteiger partial charge in [0.1, 0.15) is 0 Å². The van der Waals surface area contributed by atoms with Gasteiger partial charge in [0.25, 0.3) is 0 Å². The Morgan fingerprint density at radius 2 is 1.77 bits per heavy atom. The summed E-state index contributed by atoms with van der Waals surface area (Å²) in [6, 6.07) is 8.08. The molecular weight excluding hydrogens is 192 g/mol. The molecule has 0 radical (unpaired) electrons. The van der Waals surface area contributed by atoms with Crippen LogP contribution in [0.4, 0.5) is 15.3 Å². The SMILES string of the molecule is O=C(Cl)NC(=O)Nc1ccccc1. The summed E-state index contributed by atoms with van der Waals surface area (Å²) < 4.78 is 0. The molecule has 0 fully saturated rings. The minimum absolute atomic E-state index is 0.595. The number of anilines is 1. The van der Waals surface area contributed by atoms with Crippen molar-refractivity contribution < 1.29 is 9.59 Å². The van der Waals surface area contributed by atoms with Gasteiger partial charge in [0.2, 0.25) is 0 Å². The molecule has 3 amide bonds. The molecule has 13 heavy (non-hydrogen) atoms. The van der Waals surface area contributed by atoms with E-state index in [1.165, 1.54) is 0 Å². The summed E-state index contributed by atoms with van der Waals surface area (Å²) in [5.41, 5.74) is 0.595. The zero-order valence-electron chi connectivity index (χ0n) is 6.58. The van der Waals surface area contributed by atoms with E-state index in [1.807, 2.05) is 11.4 Å². The first-order valence-electron chi connectivity index (χ1n) is 3.51. The Kier molecular flexibility index (Phi) is 3.28. The molecule has 5 heteroatoms. The summed E-state index contributed by atoms with van der Waals surface area (Å²) in [4.78, 5) is 21.1. The van der Waals surface area contributed by atoms with Gasteiger partial charge in [0, 0.05) is 5.69 Å². The third-order valence-corrected chi connectivity index (χ3v) is 1.34. The Hall–Kier alpha value is -1.55. The zero-order chi connectivity index (χ0) is 9.68. The van der Waals surface area contributed by atoms with Crippen LogP contribution in [0, 0.1) is 0 Å². The monoisotopic (exact) mass is 198 g/mol. The standard InChI is InChI=1S/C8H7ClN2O2/c9-7(12)11-8(13)10-6-4-2-1-3-5-6/h1-5H,(H2,10,11,12,13). The molecule has 0 aliphatic carbocycles. The quantitative estimate of drug-likeness (QED) is 0.537. The molecule has 4 nitrogen and oxygen atoms in total. The van der Waals surface area contributed by atoms with Crippen LogP contribution in [0.25, 0.3) is 0 Å². The highest BCUT2D eigenvalue weighted by molar-refractivity contribution is 6.64. The first-order valence-corrected chi connectivity index (χ1v) is 3.89. The summed E-state index contributed by atoms with van der Waals surface area (Å²) >= 11 is 4.93. The lowest BCUT2D eigenvalue weighted by Gasteiger charge is -2.02. The molecule has 0 aliphatic heterocycles. The molecule has 1 rings (SSSR count). The van der Waals surface area contributed by atoms with Crippen molar-refractivity contribution in [2.45, 2.75) is 0 Å². The molecule has 0 bridgehead atoms. The van der Waals surface area contributed by atoms with E-state index in [2.05, 4.69) is 5.32 Å². The molecule has 0 unspecified atom stereocenters. The number of benzene rings is 1. The molecule has 0 heterocycles. The van der Waals surface area contributed by atoms with E-state index >= 15 is 0 Å². The maximum absolute atomic E-state index is 10.9. The first kappa shape index (κ1) is 9.54. The second-order valence-corrected chi connectivity index (χ2v) is 2.56. The molecule has 1 aromatic rings. The van der Waals surface area contributed by atoms with Crippen molar-refractivity contribution in [2.24, 2.45) is 0 Å². The van der Waals surface area contributed by atoms with E-state index in [4.69, 9.17) is 11.6 Å². The number of urea groups is 1. The highest BCUT2D eigenvalue weighted by Crippen LogP contribution is 2.03. The Bertz CT molecular complexity index is 313. The second kappa shape index (κ2) is 4.47. The lowest BCUT2D eigenvalue weighted by molar-refractivity contribution is 0.244. The number of halogens is 1. The average Bonchev–Trinajstić information content (AvgIpc) is 2.04. The van der Waals surface area contributed by atoms with Crippen LogP contribution in [0.2, 0.25) is 0 Å². The normalized spacial score (nSPS) is 9.00. The number of carbonyl (C=O) groups excluding carboxylic acids is 2. The van der Waals surface area contributed by atoms with Crippen molar-refractivity contribution in [3.8, 4) is 0 Å². The predicted octanol–water partition coefficient (Wildman–Crippen LogP) is 2.17. The molecule has 0 saturated carbocycles. The largest absolute Gasteiger partial charge is 0.326 e. The van der Waals surface area contributed by atoms with Crippen LogP contribution in [0.1, 0.15) is 0 Å². The average molecular weight is 199 g/mol. The van der Waals surface area contributed by atoms with Crippen LogP contribution >= 0.6 is 11.6 Å². The van der Waals surface area contributed by atoms with Gasteiger partial charge in [-0.3, -0.25) is 10.1 Å². The van der Waals surface area contributed by atoms with Crippen LogP contribution in [0.15, 0.2) is 30.3 Å². The number of para-hydroxylation sites is 1. The minimum Gasteiger partial charge on any atom is -0.308 e. The Balaban J connectivity index is 2.50. The summed E-state index contributed by atoms with van der Waals surface area (Å²) in [5, 5.41) is 3.38. The summed E-state index contributed by atoms with van der Waals surface area (Å²) in [6.45, 7) is 0. The van der Waals surface area contributed by atoms with E-state index in [0.717, 1.165) is 0 Å². The van der Waals surface area contributed by atoms with Gasteiger partial charge in [0.05, 0.1) is 0 Å². The van der Waals surface area contributed by atoms with Crippen LogP contribution in [0.5, 0.6) is 0 Å². The second-order valence-electron chi connectivity index (χ2n) is 2.22. The Labute approximate surface area is 79.9 Å². The van der Waals surface area contributed by atoms with Crippen LogP contribution in [-0.2, 0) is 0 Å². The summed E-state index contributed by atoms with van der Waals surface area (Å²) in [7, 11) is 0. The maximum atomic E-state index is 10.9.